The van der Waals surface area contributed by atoms with E-state index >= 15 is 0 Å². The number of carbonyl (C=O) groups is 1. The first-order chi connectivity index (χ1) is 8.45. The van der Waals surface area contributed by atoms with E-state index in [-0.39, 0.29) is 24.6 Å². The van der Waals surface area contributed by atoms with Crippen LogP contribution in [0.1, 0.15) is 0 Å². The van der Waals surface area contributed by atoms with Crippen LogP contribution in [0.2, 0.25) is 0 Å². The SMILES string of the molecule is C=CCN(CC(=O)O)c1ncc(Br)cc1[N+](=O)[O-]. The van der Waals surface area contributed by atoms with Crippen molar-refractivity contribution in [2.24, 2.45) is 0 Å². The van der Waals surface area contributed by atoms with Gasteiger partial charge in [0.1, 0.15) is 6.54 Å². The van der Waals surface area contributed by atoms with Gasteiger partial charge in [-0.1, -0.05) is 6.08 Å². The molecule has 0 radical (unpaired) electrons. The molecule has 0 bridgehead atoms. The van der Waals surface area contributed by atoms with E-state index in [1.807, 2.05) is 0 Å². The number of nitrogens with zero attached hydrogens (tertiary/aromatic N) is 3. The Hall–Kier alpha value is -1.96. The molecule has 0 saturated carbocycles. The number of halogens is 1. The van der Waals surface area contributed by atoms with Crippen molar-refractivity contribution in [3.8, 4) is 0 Å². The minimum Gasteiger partial charge on any atom is -0.480 e. The van der Waals surface area contributed by atoms with Gasteiger partial charge in [0.25, 0.3) is 0 Å². The molecule has 0 fully saturated rings. The first kappa shape index (κ1) is 14.1. The Morgan fingerprint density at radius 1 is 1.72 bits per heavy atom. The molecule has 1 rings (SSSR count). The molecular formula is C10H10BrN3O4. The fourth-order valence-corrected chi connectivity index (χ4v) is 1.66. The van der Waals surface area contributed by atoms with Crippen molar-refractivity contribution in [3.63, 3.8) is 0 Å². The van der Waals surface area contributed by atoms with E-state index in [1.54, 1.807) is 0 Å². The van der Waals surface area contributed by atoms with Gasteiger partial charge < -0.3 is 10.0 Å². The minimum absolute atomic E-state index is 0.00509. The number of hydrogen-bond acceptors (Lipinski definition) is 5. The Bertz CT molecular complexity index is 492. The van der Waals surface area contributed by atoms with E-state index in [9.17, 15) is 14.9 Å². The Kier molecular flexibility index (Phi) is 4.78. The second-order valence-corrected chi connectivity index (χ2v) is 4.23. The number of carboxylic acid groups (broad SMARTS) is 1. The van der Waals surface area contributed by atoms with Crippen LogP contribution in [0.3, 0.4) is 0 Å². The van der Waals surface area contributed by atoms with E-state index < -0.39 is 10.9 Å². The van der Waals surface area contributed by atoms with Gasteiger partial charge in [0.15, 0.2) is 0 Å². The van der Waals surface area contributed by atoms with Gasteiger partial charge in [-0.3, -0.25) is 14.9 Å². The summed E-state index contributed by atoms with van der Waals surface area (Å²) in [7, 11) is 0. The highest BCUT2D eigenvalue weighted by molar-refractivity contribution is 9.10. The summed E-state index contributed by atoms with van der Waals surface area (Å²) in [6.45, 7) is 3.25. The summed E-state index contributed by atoms with van der Waals surface area (Å²) in [5, 5.41) is 19.7. The summed E-state index contributed by atoms with van der Waals surface area (Å²) < 4.78 is 0.451. The van der Waals surface area contributed by atoms with E-state index in [0.29, 0.717) is 4.47 Å². The van der Waals surface area contributed by atoms with Crippen LogP contribution in [0, 0.1) is 10.1 Å². The first-order valence-electron chi connectivity index (χ1n) is 4.83. The van der Waals surface area contributed by atoms with Crippen molar-refractivity contribution in [3.05, 3.63) is 39.5 Å². The molecule has 1 aromatic heterocycles. The molecule has 1 aromatic rings. The van der Waals surface area contributed by atoms with Crippen molar-refractivity contribution >= 4 is 33.4 Å². The van der Waals surface area contributed by atoms with Crippen molar-refractivity contribution in [2.45, 2.75) is 0 Å². The number of carboxylic acids is 1. The van der Waals surface area contributed by atoms with Crippen LogP contribution in [-0.4, -0.2) is 34.1 Å². The third-order valence-electron chi connectivity index (χ3n) is 1.99. The fourth-order valence-electron chi connectivity index (χ4n) is 1.34. The molecule has 1 N–H and O–H groups in total. The van der Waals surface area contributed by atoms with Gasteiger partial charge in [-0.25, -0.2) is 4.98 Å². The molecule has 0 aliphatic heterocycles. The summed E-state index contributed by atoms with van der Waals surface area (Å²) >= 11 is 3.08. The molecular weight excluding hydrogens is 306 g/mol. The van der Waals surface area contributed by atoms with Crippen molar-refractivity contribution < 1.29 is 14.8 Å². The number of aliphatic carboxylic acids is 1. The average Bonchev–Trinajstić information content (AvgIpc) is 2.27. The Balaban J connectivity index is 3.21. The molecule has 18 heavy (non-hydrogen) atoms. The van der Waals surface area contributed by atoms with Crippen molar-refractivity contribution in [1.82, 2.24) is 4.98 Å². The van der Waals surface area contributed by atoms with E-state index in [0.717, 1.165) is 0 Å². The first-order valence-corrected chi connectivity index (χ1v) is 5.62. The zero-order valence-corrected chi connectivity index (χ0v) is 10.8. The third kappa shape index (κ3) is 3.52. The molecule has 0 aromatic carbocycles. The lowest BCUT2D eigenvalue weighted by atomic mass is 10.3. The Morgan fingerprint density at radius 2 is 2.39 bits per heavy atom. The van der Waals surface area contributed by atoms with E-state index in [2.05, 4.69) is 27.5 Å². The molecule has 0 amide bonds. The van der Waals surface area contributed by atoms with E-state index in [1.165, 1.54) is 23.2 Å². The summed E-state index contributed by atoms with van der Waals surface area (Å²) in [5.74, 6) is -1.10. The Morgan fingerprint density at radius 3 is 2.89 bits per heavy atom. The standard InChI is InChI=1S/C10H10BrN3O4/c1-2-3-13(6-9(15)16)10-8(14(17)18)4-7(11)5-12-10/h2,4-5H,1,3,6H2,(H,15,16). The quantitative estimate of drug-likeness (QED) is 0.488. The van der Waals surface area contributed by atoms with Gasteiger partial charge in [-0.15, -0.1) is 6.58 Å². The van der Waals surface area contributed by atoms with Gasteiger partial charge >= 0.3 is 11.7 Å². The predicted molar refractivity (Wildman–Crippen MR) is 68.6 cm³/mol. The summed E-state index contributed by atoms with van der Waals surface area (Å²) in [6.07, 6.45) is 2.83. The maximum atomic E-state index is 10.9. The molecule has 0 aliphatic rings. The normalized spacial score (nSPS) is 9.83. The third-order valence-corrected chi connectivity index (χ3v) is 2.42. The second kappa shape index (κ2) is 6.10. The highest BCUT2D eigenvalue weighted by atomic mass is 79.9. The molecule has 96 valence electrons. The number of pyridine rings is 1. The van der Waals surface area contributed by atoms with Crippen molar-refractivity contribution in [2.75, 3.05) is 18.0 Å². The highest BCUT2D eigenvalue weighted by Gasteiger charge is 2.22. The number of anilines is 1. The largest absolute Gasteiger partial charge is 0.480 e. The van der Waals surface area contributed by atoms with Gasteiger partial charge in [-0.05, 0) is 15.9 Å². The lowest BCUT2D eigenvalue weighted by molar-refractivity contribution is -0.384. The Labute approximate surface area is 111 Å². The van der Waals surface area contributed by atoms with Crippen molar-refractivity contribution in [1.29, 1.82) is 0 Å². The maximum Gasteiger partial charge on any atom is 0.323 e. The summed E-state index contributed by atoms with van der Waals surface area (Å²) in [5.41, 5.74) is -0.257. The molecule has 1 heterocycles. The lowest BCUT2D eigenvalue weighted by Crippen LogP contribution is -2.31. The second-order valence-electron chi connectivity index (χ2n) is 3.32. The maximum absolute atomic E-state index is 10.9. The number of hydrogen-bond donors (Lipinski definition) is 1. The molecule has 0 saturated heterocycles. The van der Waals surface area contributed by atoms with Crippen LogP contribution in [0.5, 0.6) is 0 Å². The molecule has 0 unspecified atom stereocenters. The summed E-state index contributed by atoms with van der Waals surface area (Å²) in [6, 6.07) is 1.28. The van der Waals surface area contributed by atoms with Gasteiger partial charge in [0.2, 0.25) is 5.82 Å². The monoisotopic (exact) mass is 315 g/mol. The van der Waals surface area contributed by atoms with Crippen LogP contribution in [0.4, 0.5) is 11.5 Å². The van der Waals surface area contributed by atoms with Crippen LogP contribution < -0.4 is 4.90 Å². The number of aromatic nitrogens is 1. The molecule has 7 nitrogen and oxygen atoms in total. The molecule has 0 aliphatic carbocycles. The van der Waals surface area contributed by atoms with E-state index in [4.69, 9.17) is 5.11 Å². The molecule has 0 spiro atoms. The fraction of sp³-hybridized carbons (Fsp3) is 0.200. The van der Waals surface area contributed by atoms with Crippen LogP contribution in [0.25, 0.3) is 0 Å². The zero-order valence-electron chi connectivity index (χ0n) is 9.24. The van der Waals surface area contributed by atoms with Gasteiger partial charge in [-0.2, -0.15) is 0 Å². The number of nitro groups is 1. The minimum atomic E-state index is -1.10. The predicted octanol–water partition coefficient (Wildman–Crippen LogP) is 1.83. The smallest absolute Gasteiger partial charge is 0.323 e. The number of rotatable bonds is 6. The van der Waals surface area contributed by atoms with Crippen LogP contribution >= 0.6 is 15.9 Å². The van der Waals surface area contributed by atoms with Crippen LogP contribution in [0.15, 0.2) is 29.4 Å². The molecule has 8 heteroatoms. The van der Waals surface area contributed by atoms with Gasteiger partial charge in [0.05, 0.1) is 4.92 Å². The topological polar surface area (TPSA) is 96.6 Å². The van der Waals surface area contributed by atoms with Gasteiger partial charge in [0, 0.05) is 23.3 Å². The highest BCUT2D eigenvalue weighted by Crippen LogP contribution is 2.28. The summed E-state index contributed by atoms with van der Waals surface area (Å²) in [4.78, 5) is 26.2. The zero-order chi connectivity index (χ0) is 13.7. The van der Waals surface area contributed by atoms with Crippen LogP contribution in [-0.2, 0) is 4.79 Å². The molecule has 0 atom stereocenters. The average molecular weight is 316 g/mol. The lowest BCUT2D eigenvalue weighted by Gasteiger charge is -2.19.